The number of carbonyl (C=O) groups excluding carboxylic acids is 1. The first-order valence-corrected chi connectivity index (χ1v) is 7.06. The number of aromatic amines is 1. The molecule has 0 spiro atoms. The molecule has 21 heavy (non-hydrogen) atoms. The molecule has 7 heteroatoms. The Balaban J connectivity index is 1.67. The Bertz CT molecular complexity index is 805. The van der Waals surface area contributed by atoms with Gasteiger partial charge in [0.25, 0.3) is 11.5 Å². The molecule has 1 amide bonds. The Morgan fingerprint density at radius 1 is 1.38 bits per heavy atom. The number of aromatic nitrogens is 2. The van der Waals surface area contributed by atoms with E-state index >= 15 is 0 Å². The summed E-state index contributed by atoms with van der Waals surface area (Å²) in [4.78, 5) is 31.0. The SMILES string of the molecule is O=C(NCc1coc(-c2cccs2)n1)c1ccc[nH]c1=O. The molecule has 0 atom stereocenters. The van der Waals surface area contributed by atoms with Crippen LogP contribution in [-0.2, 0) is 6.54 Å². The molecule has 3 aromatic rings. The maximum Gasteiger partial charge on any atom is 0.260 e. The highest BCUT2D eigenvalue weighted by Crippen LogP contribution is 2.23. The number of nitrogens with zero attached hydrogens (tertiary/aromatic N) is 1. The molecular formula is C14H11N3O3S. The predicted octanol–water partition coefficient (Wildman–Crippen LogP) is 2.02. The van der Waals surface area contributed by atoms with Crippen LogP contribution < -0.4 is 10.9 Å². The molecule has 0 radical (unpaired) electrons. The number of oxazole rings is 1. The summed E-state index contributed by atoms with van der Waals surface area (Å²) in [6.45, 7) is 0.196. The summed E-state index contributed by atoms with van der Waals surface area (Å²) >= 11 is 1.52. The average molecular weight is 301 g/mol. The van der Waals surface area contributed by atoms with E-state index < -0.39 is 11.5 Å². The number of hydrogen-bond acceptors (Lipinski definition) is 5. The van der Waals surface area contributed by atoms with Crippen molar-refractivity contribution >= 4 is 17.2 Å². The van der Waals surface area contributed by atoms with Gasteiger partial charge in [0, 0.05) is 6.20 Å². The van der Waals surface area contributed by atoms with Crippen LogP contribution >= 0.6 is 11.3 Å². The first-order chi connectivity index (χ1) is 10.2. The number of hydrogen-bond donors (Lipinski definition) is 2. The number of thiophene rings is 1. The van der Waals surface area contributed by atoms with Crippen molar-refractivity contribution in [2.24, 2.45) is 0 Å². The summed E-state index contributed by atoms with van der Waals surface area (Å²) in [5, 5.41) is 4.57. The monoisotopic (exact) mass is 301 g/mol. The summed E-state index contributed by atoms with van der Waals surface area (Å²) < 4.78 is 5.35. The lowest BCUT2D eigenvalue weighted by molar-refractivity contribution is 0.0949. The van der Waals surface area contributed by atoms with Crippen molar-refractivity contribution in [3.63, 3.8) is 0 Å². The van der Waals surface area contributed by atoms with Gasteiger partial charge in [-0.2, -0.15) is 0 Å². The van der Waals surface area contributed by atoms with Crippen LogP contribution in [0.25, 0.3) is 10.8 Å². The first-order valence-electron chi connectivity index (χ1n) is 6.18. The Morgan fingerprint density at radius 3 is 3.05 bits per heavy atom. The van der Waals surface area contributed by atoms with E-state index in [1.807, 2.05) is 17.5 Å². The second-order valence-electron chi connectivity index (χ2n) is 4.22. The zero-order chi connectivity index (χ0) is 14.7. The maximum absolute atomic E-state index is 11.9. The lowest BCUT2D eigenvalue weighted by Crippen LogP contribution is -2.28. The van der Waals surface area contributed by atoms with Crippen molar-refractivity contribution in [2.45, 2.75) is 6.54 Å². The van der Waals surface area contributed by atoms with Crippen molar-refractivity contribution < 1.29 is 9.21 Å². The summed E-state index contributed by atoms with van der Waals surface area (Å²) in [6, 6.07) is 6.88. The number of carbonyl (C=O) groups is 1. The minimum atomic E-state index is -0.447. The van der Waals surface area contributed by atoms with Crippen LogP contribution in [0.15, 0.2) is 51.3 Å². The lowest BCUT2D eigenvalue weighted by Gasteiger charge is -2.01. The van der Waals surface area contributed by atoms with Crippen LogP contribution in [0.5, 0.6) is 0 Å². The van der Waals surface area contributed by atoms with Gasteiger partial charge in [0.2, 0.25) is 5.89 Å². The average Bonchev–Trinajstić information content (AvgIpc) is 3.16. The third-order valence-corrected chi connectivity index (χ3v) is 3.63. The van der Waals surface area contributed by atoms with Crippen LogP contribution in [0.1, 0.15) is 16.1 Å². The quantitative estimate of drug-likeness (QED) is 0.771. The zero-order valence-electron chi connectivity index (χ0n) is 10.8. The van der Waals surface area contributed by atoms with E-state index in [0.29, 0.717) is 11.6 Å². The van der Waals surface area contributed by atoms with Crippen molar-refractivity contribution in [2.75, 3.05) is 0 Å². The molecule has 0 saturated carbocycles. The van der Waals surface area contributed by atoms with Crippen LogP contribution in [-0.4, -0.2) is 15.9 Å². The molecule has 0 aliphatic rings. The molecule has 6 nitrogen and oxygen atoms in total. The highest BCUT2D eigenvalue weighted by molar-refractivity contribution is 7.13. The summed E-state index contributed by atoms with van der Waals surface area (Å²) in [5.74, 6) is 0.0735. The number of amides is 1. The second kappa shape index (κ2) is 5.76. The molecule has 106 valence electrons. The third-order valence-electron chi connectivity index (χ3n) is 2.78. The van der Waals surface area contributed by atoms with Crippen LogP contribution in [0.2, 0.25) is 0 Å². The fraction of sp³-hybridized carbons (Fsp3) is 0.0714. The van der Waals surface area contributed by atoms with E-state index in [-0.39, 0.29) is 12.1 Å². The molecule has 3 rings (SSSR count). The van der Waals surface area contributed by atoms with E-state index in [1.54, 1.807) is 6.07 Å². The molecule has 0 saturated heterocycles. The van der Waals surface area contributed by atoms with Crippen molar-refractivity contribution in [1.29, 1.82) is 0 Å². The molecule has 0 aliphatic heterocycles. The number of rotatable bonds is 4. The summed E-state index contributed by atoms with van der Waals surface area (Å²) in [7, 11) is 0. The lowest BCUT2D eigenvalue weighted by atomic mass is 10.2. The summed E-state index contributed by atoms with van der Waals surface area (Å²) in [5.41, 5.74) is 0.244. The van der Waals surface area contributed by atoms with Gasteiger partial charge in [-0.05, 0) is 23.6 Å². The fourth-order valence-electron chi connectivity index (χ4n) is 1.77. The van der Waals surface area contributed by atoms with Gasteiger partial charge in [-0.25, -0.2) is 4.98 Å². The number of nitrogens with one attached hydrogen (secondary N) is 2. The van der Waals surface area contributed by atoms with Crippen LogP contribution in [0.4, 0.5) is 0 Å². The van der Waals surface area contributed by atoms with E-state index in [2.05, 4.69) is 15.3 Å². The Labute approximate surface area is 123 Å². The Kier molecular flexibility index (Phi) is 3.65. The first kappa shape index (κ1) is 13.3. The van der Waals surface area contributed by atoms with Crippen LogP contribution in [0.3, 0.4) is 0 Å². The molecule has 0 fully saturated rings. The predicted molar refractivity (Wildman–Crippen MR) is 78.0 cm³/mol. The van der Waals surface area contributed by atoms with E-state index in [1.165, 1.54) is 29.9 Å². The molecular weight excluding hydrogens is 290 g/mol. The minimum absolute atomic E-state index is 0.0690. The molecule has 3 heterocycles. The molecule has 0 aromatic carbocycles. The molecule has 0 unspecified atom stereocenters. The molecule has 2 N–H and O–H groups in total. The minimum Gasteiger partial charge on any atom is -0.443 e. The normalized spacial score (nSPS) is 10.5. The van der Waals surface area contributed by atoms with E-state index in [0.717, 1.165) is 4.88 Å². The van der Waals surface area contributed by atoms with Gasteiger partial charge in [0.15, 0.2) is 0 Å². The molecule has 0 aliphatic carbocycles. The number of H-pyrrole nitrogens is 1. The topological polar surface area (TPSA) is 88.0 Å². The van der Waals surface area contributed by atoms with Gasteiger partial charge in [-0.1, -0.05) is 6.07 Å². The second-order valence-corrected chi connectivity index (χ2v) is 5.16. The van der Waals surface area contributed by atoms with Gasteiger partial charge in [0.1, 0.15) is 11.8 Å². The van der Waals surface area contributed by atoms with Gasteiger partial charge in [-0.3, -0.25) is 9.59 Å². The standard InChI is InChI=1S/C14H11N3O3S/c18-12-10(3-1-5-15-12)13(19)16-7-9-8-20-14(17-9)11-4-2-6-21-11/h1-6,8H,7H2,(H,15,18)(H,16,19). The van der Waals surface area contributed by atoms with Gasteiger partial charge < -0.3 is 14.7 Å². The van der Waals surface area contributed by atoms with Crippen molar-refractivity contribution in [3.8, 4) is 10.8 Å². The van der Waals surface area contributed by atoms with E-state index in [9.17, 15) is 9.59 Å². The Morgan fingerprint density at radius 2 is 2.29 bits per heavy atom. The van der Waals surface area contributed by atoms with Gasteiger partial charge in [-0.15, -0.1) is 11.3 Å². The van der Waals surface area contributed by atoms with Crippen molar-refractivity contribution in [1.82, 2.24) is 15.3 Å². The van der Waals surface area contributed by atoms with Crippen LogP contribution in [0, 0.1) is 0 Å². The fourth-order valence-corrected chi connectivity index (χ4v) is 2.42. The largest absolute Gasteiger partial charge is 0.443 e. The highest BCUT2D eigenvalue weighted by Gasteiger charge is 2.11. The van der Waals surface area contributed by atoms with E-state index in [4.69, 9.17) is 4.42 Å². The zero-order valence-corrected chi connectivity index (χ0v) is 11.6. The smallest absolute Gasteiger partial charge is 0.260 e. The summed E-state index contributed by atoms with van der Waals surface area (Å²) in [6.07, 6.45) is 2.97. The number of pyridine rings is 1. The molecule has 3 aromatic heterocycles. The van der Waals surface area contributed by atoms with Gasteiger partial charge in [0.05, 0.1) is 17.1 Å². The highest BCUT2D eigenvalue weighted by atomic mass is 32.1. The van der Waals surface area contributed by atoms with Gasteiger partial charge >= 0.3 is 0 Å². The molecule has 0 bridgehead atoms. The van der Waals surface area contributed by atoms with Crippen molar-refractivity contribution in [3.05, 3.63) is 63.7 Å². The maximum atomic E-state index is 11.9. The Hall–Kier alpha value is -2.67. The third kappa shape index (κ3) is 2.92.